The van der Waals surface area contributed by atoms with Crippen LogP contribution in [0.3, 0.4) is 0 Å². The van der Waals surface area contributed by atoms with Gasteiger partial charge < -0.3 is 4.74 Å². The molecule has 0 aromatic heterocycles. The molecule has 1 heterocycles. The fourth-order valence-corrected chi connectivity index (χ4v) is 3.83. The van der Waals surface area contributed by atoms with Gasteiger partial charge in [0.1, 0.15) is 5.75 Å². The number of amides is 2. The first-order chi connectivity index (χ1) is 14.0. The molecule has 0 unspecified atom stereocenters. The summed E-state index contributed by atoms with van der Waals surface area (Å²) in [5.74, 6) is 6.88. The summed E-state index contributed by atoms with van der Waals surface area (Å²) in [6.07, 6.45) is 11.6. The summed E-state index contributed by atoms with van der Waals surface area (Å²) in [5, 5.41) is 0. The fraction of sp³-hybridized carbons (Fsp3) is 0.440. The maximum Gasteiger partial charge on any atom is 0.268 e. The van der Waals surface area contributed by atoms with Gasteiger partial charge in [-0.15, -0.1) is 0 Å². The third kappa shape index (κ3) is 5.17. The Morgan fingerprint density at radius 3 is 2.69 bits per heavy atom. The van der Waals surface area contributed by atoms with Crippen LogP contribution in [0, 0.1) is 31.6 Å². The van der Waals surface area contributed by atoms with Crippen LogP contribution < -0.4 is 4.74 Å². The van der Waals surface area contributed by atoms with Crippen molar-refractivity contribution in [2.24, 2.45) is 5.92 Å². The zero-order chi connectivity index (χ0) is 20.8. The van der Waals surface area contributed by atoms with Gasteiger partial charge in [0.2, 0.25) is 0 Å². The van der Waals surface area contributed by atoms with Gasteiger partial charge in [-0.05, 0) is 61.9 Å². The lowest BCUT2D eigenvalue weighted by atomic mass is 9.89. The standard InChI is InChI=1S/C25H29NO3/c1-18-16-21(17-23(29-3)19(18)2)12-14-24(27)26-15-7-10-22(25(26)28)13-11-20-8-5-4-6-9-20/h10,12,14,16-17,20H,4-9,15H2,1-3H3/b14-12+. The first-order valence-corrected chi connectivity index (χ1v) is 10.4. The number of carbonyl (C=O) groups excluding carboxylic acids is 2. The minimum Gasteiger partial charge on any atom is -0.496 e. The van der Waals surface area contributed by atoms with Crippen LogP contribution in [-0.2, 0) is 9.59 Å². The lowest BCUT2D eigenvalue weighted by Gasteiger charge is -2.22. The second-order valence-electron chi connectivity index (χ2n) is 7.80. The quantitative estimate of drug-likeness (QED) is 0.559. The molecule has 3 rings (SSSR count). The van der Waals surface area contributed by atoms with E-state index in [-0.39, 0.29) is 11.8 Å². The number of ether oxygens (including phenoxy) is 1. The van der Waals surface area contributed by atoms with Crippen LogP contribution in [-0.4, -0.2) is 30.4 Å². The molecular formula is C25H29NO3. The Bertz CT molecular complexity index is 908. The van der Waals surface area contributed by atoms with Crippen LogP contribution in [0.4, 0.5) is 0 Å². The molecule has 1 saturated carbocycles. The van der Waals surface area contributed by atoms with E-state index in [4.69, 9.17) is 4.74 Å². The van der Waals surface area contributed by atoms with Crippen LogP contribution in [0.1, 0.15) is 55.2 Å². The minimum atomic E-state index is -0.308. The van der Waals surface area contributed by atoms with E-state index >= 15 is 0 Å². The SMILES string of the molecule is COc1cc(/C=C/C(=O)N2CCC=C(C#CC3CCCCC3)C2=O)cc(C)c1C. The highest BCUT2D eigenvalue weighted by Crippen LogP contribution is 2.25. The first-order valence-electron chi connectivity index (χ1n) is 10.4. The van der Waals surface area contributed by atoms with Crippen LogP contribution >= 0.6 is 0 Å². The number of rotatable bonds is 3. The molecule has 4 nitrogen and oxygen atoms in total. The summed E-state index contributed by atoms with van der Waals surface area (Å²) >= 11 is 0. The summed E-state index contributed by atoms with van der Waals surface area (Å²) < 4.78 is 5.39. The Morgan fingerprint density at radius 1 is 1.21 bits per heavy atom. The molecule has 29 heavy (non-hydrogen) atoms. The molecule has 0 bridgehead atoms. The largest absolute Gasteiger partial charge is 0.496 e. The molecule has 152 valence electrons. The molecule has 1 aromatic carbocycles. The van der Waals surface area contributed by atoms with Crippen LogP contribution in [0.25, 0.3) is 6.08 Å². The van der Waals surface area contributed by atoms with Gasteiger partial charge in [0, 0.05) is 18.5 Å². The van der Waals surface area contributed by atoms with E-state index in [1.807, 2.05) is 32.1 Å². The number of benzene rings is 1. The lowest BCUT2D eigenvalue weighted by molar-refractivity contribution is -0.139. The van der Waals surface area contributed by atoms with Crippen molar-refractivity contribution < 1.29 is 14.3 Å². The molecule has 0 radical (unpaired) electrons. The molecule has 1 aliphatic carbocycles. The molecule has 1 aromatic rings. The zero-order valence-electron chi connectivity index (χ0n) is 17.6. The van der Waals surface area contributed by atoms with E-state index in [1.54, 1.807) is 13.2 Å². The lowest BCUT2D eigenvalue weighted by Crippen LogP contribution is -2.39. The number of aryl methyl sites for hydroxylation is 1. The van der Waals surface area contributed by atoms with Crippen LogP contribution in [0.5, 0.6) is 5.75 Å². The minimum absolute atomic E-state index is 0.285. The summed E-state index contributed by atoms with van der Waals surface area (Å²) in [7, 11) is 1.63. The van der Waals surface area contributed by atoms with Gasteiger partial charge in [0.15, 0.2) is 0 Å². The number of hydrogen-bond donors (Lipinski definition) is 0. The maximum absolute atomic E-state index is 12.7. The molecule has 0 saturated heterocycles. The van der Waals surface area contributed by atoms with E-state index in [1.165, 1.54) is 30.2 Å². The van der Waals surface area contributed by atoms with Gasteiger partial charge in [-0.1, -0.05) is 43.2 Å². The number of nitrogens with zero attached hydrogens (tertiary/aromatic N) is 1. The van der Waals surface area contributed by atoms with Gasteiger partial charge in [-0.2, -0.15) is 0 Å². The second-order valence-corrected chi connectivity index (χ2v) is 7.80. The van der Waals surface area contributed by atoms with Gasteiger partial charge in [0.25, 0.3) is 11.8 Å². The maximum atomic E-state index is 12.7. The Kier molecular flexibility index (Phi) is 6.93. The van der Waals surface area contributed by atoms with Crippen molar-refractivity contribution in [3.05, 3.63) is 46.5 Å². The number of carbonyl (C=O) groups is 2. The Balaban J connectivity index is 1.69. The first kappa shape index (κ1) is 20.9. The van der Waals surface area contributed by atoms with Gasteiger partial charge in [0.05, 0.1) is 12.7 Å². The Hall–Kier alpha value is -2.80. The van der Waals surface area contributed by atoms with Crippen LogP contribution in [0.2, 0.25) is 0 Å². The third-order valence-corrected chi connectivity index (χ3v) is 5.74. The molecule has 1 aliphatic heterocycles. The zero-order valence-corrected chi connectivity index (χ0v) is 17.6. The number of hydrogen-bond acceptors (Lipinski definition) is 3. The smallest absolute Gasteiger partial charge is 0.268 e. The number of methoxy groups -OCH3 is 1. The topological polar surface area (TPSA) is 46.6 Å². The van der Waals surface area contributed by atoms with E-state index in [0.717, 1.165) is 35.3 Å². The Labute approximate surface area is 173 Å². The molecule has 0 N–H and O–H groups in total. The highest BCUT2D eigenvalue weighted by Gasteiger charge is 2.25. The molecule has 0 spiro atoms. The summed E-state index contributed by atoms with van der Waals surface area (Å²) in [5.41, 5.74) is 3.49. The molecule has 0 atom stereocenters. The van der Waals surface area contributed by atoms with Gasteiger partial charge >= 0.3 is 0 Å². The molecule has 2 amide bonds. The highest BCUT2D eigenvalue weighted by atomic mass is 16.5. The van der Waals surface area contributed by atoms with Gasteiger partial charge in [-0.3, -0.25) is 14.5 Å². The predicted molar refractivity (Wildman–Crippen MR) is 115 cm³/mol. The van der Waals surface area contributed by atoms with Crippen molar-refractivity contribution in [2.45, 2.75) is 52.4 Å². The average Bonchev–Trinajstić information content (AvgIpc) is 2.74. The van der Waals surface area contributed by atoms with E-state index in [2.05, 4.69) is 11.8 Å². The van der Waals surface area contributed by atoms with Crippen molar-refractivity contribution in [2.75, 3.05) is 13.7 Å². The highest BCUT2D eigenvalue weighted by molar-refractivity contribution is 6.11. The fourth-order valence-electron chi connectivity index (χ4n) is 3.83. The normalized spacial score (nSPS) is 17.7. The second kappa shape index (κ2) is 9.60. The van der Waals surface area contributed by atoms with Gasteiger partial charge in [-0.25, -0.2) is 0 Å². The molecule has 4 heteroatoms. The third-order valence-electron chi connectivity index (χ3n) is 5.74. The summed E-state index contributed by atoms with van der Waals surface area (Å²) in [6, 6.07) is 3.89. The van der Waals surface area contributed by atoms with E-state index < -0.39 is 0 Å². The van der Waals surface area contributed by atoms with Crippen molar-refractivity contribution in [3.8, 4) is 17.6 Å². The van der Waals surface area contributed by atoms with E-state index in [9.17, 15) is 9.59 Å². The molecule has 2 aliphatic rings. The average molecular weight is 392 g/mol. The molecular weight excluding hydrogens is 362 g/mol. The van der Waals surface area contributed by atoms with Crippen molar-refractivity contribution in [1.29, 1.82) is 0 Å². The summed E-state index contributed by atoms with van der Waals surface area (Å²) in [4.78, 5) is 26.7. The molecule has 1 fully saturated rings. The predicted octanol–water partition coefficient (Wildman–Crippen LogP) is 4.59. The van der Waals surface area contributed by atoms with Crippen molar-refractivity contribution >= 4 is 17.9 Å². The van der Waals surface area contributed by atoms with Crippen molar-refractivity contribution in [1.82, 2.24) is 4.90 Å². The summed E-state index contributed by atoms with van der Waals surface area (Å²) in [6.45, 7) is 4.40. The monoisotopic (exact) mass is 391 g/mol. The van der Waals surface area contributed by atoms with Crippen LogP contribution in [0.15, 0.2) is 29.9 Å². The Morgan fingerprint density at radius 2 is 1.97 bits per heavy atom. The van der Waals surface area contributed by atoms with E-state index in [0.29, 0.717) is 24.5 Å². The van der Waals surface area contributed by atoms with Crippen molar-refractivity contribution in [3.63, 3.8) is 0 Å². The number of imide groups is 1.